The summed E-state index contributed by atoms with van der Waals surface area (Å²) in [6.45, 7) is 1.87. The molecule has 2 aromatic carbocycles. The average Bonchev–Trinajstić information content (AvgIpc) is 2.59. The zero-order valence-corrected chi connectivity index (χ0v) is 14.9. The van der Waals surface area contributed by atoms with Gasteiger partial charge in [0.1, 0.15) is 5.75 Å². The third kappa shape index (κ3) is 5.80. The second kappa shape index (κ2) is 9.08. The van der Waals surface area contributed by atoms with E-state index in [-0.39, 0.29) is 25.5 Å². The van der Waals surface area contributed by atoms with Gasteiger partial charge in [-0.3, -0.25) is 9.59 Å². The molecule has 132 valence electrons. The lowest BCUT2D eigenvalue weighted by Crippen LogP contribution is -2.28. The molecule has 0 aliphatic heterocycles. The number of hydrogen-bond acceptors (Lipinski definition) is 4. The van der Waals surface area contributed by atoms with Gasteiger partial charge in [-0.25, -0.2) is 0 Å². The number of esters is 1. The Morgan fingerprint density at radius 3 is 2.60 bits per heavy atom. The number of amides is 1. The average molecular weight is 362 g/mol. The lowest BCUT2D eigenvalue weighted by atomic mass is 10.1. The van der Waals surface area contributed by atoms with Crippen LogP contribution in [0, 0.1) is 6.92 Å². The van der Waals surface area contributed by atoms with Crippen molar-refractivity contribution in [3.63, 3.8) is 0 Å². The summed E-state index contributed by atoms with van der Waals surface area (Å²) in [5.74, 6) is -0.257. The summed E-state index contributed by atoms with van der Waals surface area (Å²) in [5.41, 5.74) is 2.54. The molecule has 5 nitrogen and oxygen atoms in total. The van der Waals surface area contributed by atoms with Crippen LogP contribution in [0.4, 0.5) is 0 Å². The van der Waals surface area contributed by atoms with Gasteiger partial charge in [0.15, 0.2) is 6.61 Å². The van der Waals surface area contributed by atoms with Crippen molar-refractivity contribution in [1.82, 2.24) is 5.32 Å². The molecular formula is C19H20ClNO4. The largest absolute Gasteiger partial charge is 0.496 e. The maximum Gasteiger partial charge on any atom is 0.310 e. The van der Waals surface area contributed by atoms with Gasteiger partial charge in [0.2, 0.25) is 0 Å². The van der Waals surface area contributed by atoms with Crippen LogP contribution in [0.3, 0.4) is 0 Å². The second-order valence-electron chi connectivity index (χ2n) is 5.52. The molecule has 0 saturated heterocycles. The van der Waals surface area contributed by atoms with Crippen molar-refractivity contribution in [1.29, 1.82) is 0 Å². The number of benzene rings is 2. The minimum atomic E-state index is -0.489. The molecule has 0 fully saturated rings. The van der Waals surface area contributed by atoms with Gasteiger partial charge in [-0.1, -0.05) is 47.5 Å². The highest BCUT2D eigenvalue weighted by Gasteiger charge is 2.12. The molecule has 1 amide bonds. The van der Waals surface area contributed by atoms with Gasteiger partial charge in [-0.15, -0.1) is 0 Å². The first-order chi connectivity index (χ1) is 12.0. The standard InChI is InChI=1S/C19H20ClNO4/c1-13-7-8-17(24-2)15(9-13)10-19(23)25-12-18(22)21-11-14-5-3-4-6-16(14)20/h3-9H,10-12H2,1-2H3,(H,21,22). The zero-order chi connectivity index (χ0) is 18.2. The maximum absolute atomic E-state index is 11.9. The Morgan fingerprint density at radius 1 is 1.12 bits per heavy atom. The number of halogens is 1. The summed E-state index contributed by atoms with van der Waals surface area (Å²) in [6, 6.07) is 12.8. The van der Waals surface area contributed by atoms with E-state index in [4.69, 9.17) is 21.1 Å². The molecule has 25 heavy (non-hydrogen) atoms. The molecule has 0 saturated carbocycles. The second-order valence-corrected chi connectivity index (χ2v) is 5.93. The van der Waals surface area contributed by atoms with E-state index in [0.29, 0.717) is 10.8 Å². The smallest absolute Gasteiger partial charge is 0.310 e. The Hall–Kier alpha value is -2.53. The third-order valence-corrected chi connectivity index (χ3v) is 3.94. The topological polar surface area (TPSA) is 64.6 Å². The normalized spacial score (nSPS) is 10.2. The van der Waals surface area contributed by atoms with E-state index in [0.717, 1.165) is 16.7 Å². The molecule has 1 N–H and O–H groups in total. The monoisotopic (exact) mass is 361 g/mol. The van der Waals surface area contributed by atoms with Crippen LogP contribution < -0.4 is 10.1 Å². The van der Waals surface area contributed by atoms with E-state index in [2.05, 4.69) is 5.32 Å². The lowest BCUT2D eigenvalue weighted by molar-refractivity contribution is -0.147. The molecule has 0 aromatic heterocycles. The molecule has 0 aliphatic carbocycles. The van der Waals surface area contributed by atoms with E-state index in [1.807, 2.05) is 37.3 Å². The van der Waals surface area contributed by atoms with Crippen LogP contribution in [0.2, 0.25) is 5.02 Å². The molecular weight excluding hydrogens is 342 g/mol. The van der Waals surface area contributed by atoms with Crippen molar-refractivity contribution in [2.45, 2.75) is 19.9 Å². The summed E-state index contributed by atoms with van der Waals surface area (Å²) in [5, 5.41) is 3.24. The molecule has 0 heterocycles. The minimum Gasteiger partial charge on any atom is -0.496 e. The van der Waals surface area contributed by atoms with Gasteiger partial charge in [0.25, 0.3) is 5.91 Å². The summed E-state index contributed by atoms with van der Waals surface area (Å²) in [6.07, 6.45) is 0.0443. The van der Waals surface area contributed by atoms with E-state index in [9.17, 15) is 9.59 Å². The molecule has 0 aliphatic rings. The van der Waals surface area contributed by atoms with Crippen LogP contribution in [0.15, 0.2) is 42.5 Å². The number of rotatable bonds is 7. The van der Waals surface area contributed by atoms with Crippen molar-refractivity contribution >= 4 is 23.5 Å². The van der Waals surface area contributed by atoms with Crippen molar-refractivity contribution in [3.8, 4) is 5.75 Å². The van der Waals surface area contributed by atoms with Crippen LogP contribution in [-0.2, 0) is 27.3 Å². The van der Waals surface area contributed by atoms with Crippen molar-refractivity contribution < 1.29 is 19.1 Å². The molecule has 0 bridgehead atoms. The highest BCUT2D eigenvalue weighted by Crippen LogP contribution is 2.20. The number of nitrogens with one attached hydrogen (secondary N) is 1. The first-order valence-electron chi connectivity index (χ1n) is 7.79. The number of hydrogen-bond donors (Lipinski definition) is 1. The Balaban J connectivity index is 1.81. The number of carbonyl (C=O) groups is 2. The predicted molar refractivity (Wildman–Crippen MR) is 95.7 cm³/mol. The number of ether oxygens (including phenoxy) is 2. The third-order valence-electron chi connectivity index (χ3n) is 3.57. The Morgan fingerprint density at radius 2 is 1.88 bits per heavy atom. The number of carbonyl (C=O) groups excluding carboxylic acids is 2. The fourth-order valence-corrected chi connectivity index (χ4v) is 2.49. The molecule has 0 spiro atoms. The van der Waals surface area contributed by atoms with Gasteiger partial charge >= 0.3 is 5.97 Å². The van der Waals surface area contributed by atoms with Gasteiger partial charge in [-0.2, -0.15) is 0 Å². The summed E-state index contributed by atoms with van der Waals surface area (Å²) in [4.78, 5) is 23.8. The fourth-order valence-electron chi connectivity index (χ4n) is 2.28. The molecule has 2 rings (SSSR count). The Kier molecular flexibility index (Phi) is 6.83. The quantitative estimate of drug-likeness (QED) is 0.770. The van der Waals surface area contributed by atoms with Crippen LogP contribution in [-0.4, -0.2) is 25.6 Å². The highest BCUT2D eigenvalue weighted by molar-refractivity contribution is 6.31. The summed E-state index contributed by atoms with van der Waals surface area (Å²) < 4.78 is 10.3. The molecule has 0 unspecified atom stereocenters. The summed E-state index contributed by atoms with van der Waals surface area (Å²) in [7, 11) is 1.54. The first kappa shape index (κ1) is 18.8. The molecule has 0 radical (unpaired) electrons. The van der Waals surface area contributed by atoms with E-state index in [1.165, 1.54) is 0 Å². The molecule has 0 atom stereocenters. The van der Waals surface area contributed by atoms with Crippen molar-refractivity contribution in [2.75, 3.05) is 13.7 Å². The van der Waals surface area contributed by atoms with Crippen LogP contribution in [0.25, 0.3) is 0 Å². The summed E-state index contributed by atoms with van der Waals surface area (Å²) >= 11 is 6.02. The maximum atomic E-state index is 11.9. The molecule has 6 heteroatoms. The van der Waals surface area contributed by atoms with Crippen molar-refractivity contribution in [2.24, 2.45) is 0 Å². The van der Waals surface area contributed by atoms with Crippen LogP contribution in [0.5, 0.6) is 5.75 Å². The zero-order valence-electron chi connectivity index (χ0n) is 14.2. The predicted octanol–water partition coefficient (Wildman–Crippen LogP) is 3.06. The Bertz CT molecular complexity index is 761. The van der Waals surface area contributed by atoms with Gasteiger partial charge in [0.05, 0.1) is 13.5 Å². The lowest BCUT2D eigenvalue weighted by Gasteiger charge is -2.10. The van der Waals surface area contributed by atoms with Crippen molar-refractivity contribution in [3.05, 3.63) is 64.2 Å². The van der Waals surface area contributed by atoms with E-state index >= 15 is 0 Å². The van der Waals surface area contributed by atoms with Gasteiger partial charge in [-0.05, 0) is 24.6 Å². The van der Waals surface area contributed by atoms with E-state index < -0.39 is 5.97 Å². The van der Waals surface area contributed by atoms with Crippen LogP contribution in [0.1, 0.15) is 16.7 Å². The minimum absolute atomic E-state index is 0.0443. The SMILES string of the molecule is COc1ccc(C)cc1CC(=O)OCC(=O)NCc1ccccc1Cl. The number of methoxy groups -OCH3 is 1. The Labute approximate surface area is 151 Å². The fraction of sp³-hybridized carbons (Fsp3) is 0.263. The van der Waals surface area contributed by atoms with E-state index in [1.54, 1.807) is 19.2 Å². The van der Waals surface area contributed by atoms with Crippen LogP contribution >= 0.6 is 11.6 Å². The van der Waals surface area contributed by atoms with Gasteiger partial charge in [0, 0.05) is 17.1 Å². The first-order valence-corrected chi connectivity index (χ1v) is 8.16. The highest BCUT2D eigenvalue weighted by atomic mass is 35.5. The van der Waals surface area contributed by atoms with Gasteiger partial charge < -0.3 is 14.8 Å². The number of aryl methyl sites for hydroxylation is 1. The molecule has 2 aromatic rings.